The van der Waals surface area contributed by atoms with Crippen LogP contribution in [-0.4, -0.2) is 39.8 Å². The summed E-state index contributed by atoms with van der Waals surface area (Å²) in [6.45, 7) is 3.42. The monoisotopic (exact) mass is 451 g/mol. The normalized spacial score (nSPS) is 10.2. The standard InChI is InChI=1S/C20H22BrNO6/c1-11-6-7-14(12(2)8-11)22-16(23)10-28-20(24)13-9-15(25-3)18(26-4)19(27-5)17(13)21/h6-9H,10H2,1-5H3,(H,22,23). The number of rotatable bonds is 7. The van der Waals surface area contributed by atoms with Crippen LogP contribution >= 0.6 is 15.9 Å². The van der Waals surface area contributed by atoms with E-state index in [9.17, 15) is 9.59 Å². The van der Waals surface area contributed by atoms with Crippen molar-refractivity contribution in [3.63, 3.8) is 0 Å². The molecule has 0 saturated heterocycles. The lowest BCUT2D eigenvalue weighted by molar-refractivity contribution is -0.119. The maximum Gasteiger partial charge on any atom is 0.340 e. The number of methoxy groups -OCH3 is 3. The van der Waals surface area contributed by atoms with Gasteiger partial charge in [0.05, 0.1) is 31.4 Å². The highest BCUT2D eigenvalue weighted by Gasteiger charge is 2.24. The smallest absolute Gasteiger partial charge is 0.340 e. The highest BCUT2D eigenvalue weighted by molar-refractivity contribution is 9.10. The van der Waals surface area contributed by atoms with E-state index in [1.165, 1.54) is 27.4 Å². The second-order valence-electron chi connectivity index (χ2n) is 5.95. The van der Waals surface area contributed by atoms with Gasteiger partial charge in [0.25, 0.3) is 5.91 Å². The number of amides is 1. The Morgan fingerprint density at radius 2 is 1.68 bits per heavy atom. The number of hydrogen-bond acceptors (Lipinski definition) is 6. The van der Waals surface area contributed by atoms with Crippen LogP contribution in [0.1, 0.15) is 21.5 Å². The van der Waals surface area contributed by atoms with Crippen LogP contribution < -0.4 is 19.5 Å². The molecule has 28 heavy (non-hydrogen) atoms. The Bertz CT molecular complexity index is 897. The Hall–Kier alpha value is -2.74. The molecule has 0 aromatic heterocycles. The molecular weight excluding hydrogens is 430 g/mol. The number of esters is 1. The number of benzene rings is 2. The van der Waals surface area contributed by atoms with Crippen molar-refractivity contribution in [3.8, 4) is 17.2 Å². The largest absolute Gasteiger partial charge is 0.493 e. The molecule has 0 fully saturated rings. The van der Waals surface area contributed by atoms with Gasteiger partial charge in [0.1, 0.15) is 0 Å². The molecule has 0 atom stereocenters. The van der Waals surface area contributed by atoms with Crippen molar-refractivity contribution < 1.29 is 28.5 Å². The lowest BCUT2D eigenvalue weighted by atomic mass is 10.1. The molecule has 1 amide bonds. The number of carbonyl (C=O) groups is 2. The molecule has 2 rings (SSSR count). The summed E-state index contributed by atoms with van der Waals surface area (Å²) in [5, 5.41) is 2.72. The Kier molecular flexibility index (Phi) is 7.28. The number of aryl methyl sites for hydroxylation is 2. The summed E-state index contributed by atoms with van der Waals surface area (Å²) in [5.41, 5.74) is 2.83. The Morgan fingerprint density at radius 1 is 1.00 bits per heavy atom. The van der Waals surface area contributed by atoms with Gasteiger partial charge in [-0.25, -0.2) is 4.79 Å². The highest BCUT2D eigenvalue weighted by Crippen LogP contribution is 2.44. The summed E-state index contributed by atoms with van der Waals surface area (Å²) < 4.78 is 21.3. The van der Waals surface area contributed by atoms with Crippen LogP contribution in [0.3, 0.4) is 0 Å². The fraction of sp³-hybridized carbons (Fsp3) is 0.300. The zero-order valence-corrected chi connectivity index (χ0v) is 17.9. The van der Waals surface area contributed by atoms with Gasteiger partial charge in [0, 0.05) is 5.69 Å². The van der Waals surface area contributed by atoms with Crippen LogP contribution in [0, 0.1) is 13.8 Å². The molecule has 0 aliphatic rings. The molecule has 8 heteroatoms. The molecule has 1 N–H and O–H groups in total. The number of hydrogen-bond donors (Lipinski definition) is 1. The van der Waals surface area contributed by atoms with Crippen LogP contribution in [-0.2, 0) is 9.53 Å². The van der Waals surface area contributed by atoms with Crippen molar-refractivity contribution in [3.05, 3.63) is 45.4 Å². The number of nitrogens with one attached hydrogen (secondary N) is 1. The predicted octanol–water partition coefficient (Wildman–Crippen LogP) is 3.89. The summed E-state index contributed by atoms with van der Waals surface area (Å²) in [4.78, 5) is 24.6. The number of carbonyl (C=O) groups excluding carboxylic acids is 2. The van der Waals surface area contributed by atoms with Crippen molar-refractivity contribution >= 4 is 33.5 Å². The summed E-state index contributed by atoms with van der Waals surface area (Å²) >= 11 is 3.31. The zero-order chi connectivity index (χ0) is 20.8. The molecule has 2 aromatic carbocycles. The van der Waals surface area contributed by atoms with Crippen LogP contribution in [0.25, 0.3) is 0 Å². The quantitative estimate of drug-likeness (QED) is 0.642. The second-order valence-corrected chi connectivity index (χ2v) is 6.74. The molecule has 0 aliphatic heterocycles. The fourth-order valence-corrected chi connectivity index (χ4v) is 3.24. The van der Waals surface area contributed by atoms with E-state index >= 15 is 0 Å². The van der Waals surface area contributed by atoms with Gasteiger partial charge in [-0.2, -0.15) is 0 Å². The number of halogens is 1. The third kappa shape index (κ3) is 4.75. The van der Waals surface area contributed by atoms with Crippen molar-refractivity contribution in [2.75, 3.05) is 33.3 Å². The number of anilines is 1. The van der Waals surface area contributed by atoms with Gasteiger partial charge in [0.2, 0.25) is 5.75 Å². The Morgan fingerprint density at radius 3 is 2.25 bits per heavy atom. The van der Waals surface area contributed by atoms with Gasteiger partial charge in [-0.05, 0) is 47.5 Å². The Labute approximate surface area is 172 Å². The van der Waals surface area contributed by atoms with Crippen molar-refractivity contribution in [2.45, 2.75) is 13.8 Å². The third-order valence-corrected chi connectivity index (χ3v) is 4.77. The van der Waals surface area contributed by atoms with E-state index in [0.29, 0.717) is 21.7 Å². The van der Waals surface area contributed by atoms with Gasteiger partial charge in [0.15, 0.2) is 18.1 Å². The summed E-state index contributed by atoms with van der Waals surface area (Å²) in [6.07, 6.45) is 0. The lowest BCUT2D eigenvalue weighted by Crippen LogP contribution is -2.21. The lowest BCUT2D eigenvalue weighted by Gasteiger charge is -2.16. The van der Waals surface area contributed by atoms with Crippen LogP contribution in [0.15, 0.2) is 28.7 Å². The zero-order valence-electron chi connectivity index (χ0n) is 16.3. The van der Waals surface area contributed by atoms with Gasteiger partial charge in [-0.1, -0.05) is 17.7 Å². The Balaban J connectivity index is 2.13. The SMILES string of the molecule is COc1cc(C(=O)OCC(=O)Nc2ccc(C)cc2C)c(Br)c(OC)c1OC. The molecule has 0 bridgehead atoms. The fourth-order valence-electron chi connectivity index (χ4n) is 2.62. The first-order valence-corrected chi connectivity index (χ1v) is 9.14. The molecule has 0 radical (unpaired) electrons. The van der Waals surface area contributed by atoms with Crippen LogP contribution in [0.2, 0.25) is 0 Å². The van der Waals surface area contributed by atoms with Crippen molar-refractivity contribution in [1.82, 2.24) is 0 Å². The third-order valence-electron chi connectivity index (χ3n) is 3.98. The van der Waals surface area contributed by atoms with E-state index in [1.54, 1.807) is 6.07 Å². The van der Waals surface area contributed by atoms with Gasteiger partial charge < -0.3 is 24.3 Å². The van der Waals surface area contributed by atoms with E-state index in [4.69, 9.17) is 18.9 Å². The molecule has 0 aliphatic carbocycles. The average molecular weight is 452 g/mol. The topological polar surface area (TPSA) is 83.1 Å². The predicted molar refractivity (Wildman–Crippen MR) is 109 cm³/mol. The van der Waals surface area contributed by atoms with Crippen molar-refractivity contribution in [1.29, 1.82) is 0 Å². The number of ether oxygens (including phenoxy) is 4. The molecule has 0 heterocycles. The molecular formula is C20H22BrNO6. The average Bonchev–Trinajstić information content (AvgIpc) is 2.67. The van der Waals surface area contributed by atoms with Gasteiger partial charge in [-0.3, -0.25) is 4.79 Å². The van der Waals surface area contributed by atoms with E-state index in [-0.39, 0.29) is 11.3 Å². The summed E-state index contributed by atoms with van der Waals surface area (Å²) in [7, 11) is 4.34. The first-order chi connectivity index (χ1) is 13.3. The minimum absolute atomic E-state index is 0.147. The molecule has 7 nitrogen and oxygen atoms in total. The van der Waals surface area contributed by atoms with E-state index < -0.39 is 18.5 Å². The van der Waals surface area contributed by atoms with Gasteiger partial charge in [-0.15, -0.1) is 0 Å². The molecule has 150 valence electrons. The van der Waals surface area contributed by atoms with E-state index in [1.807, 2.05) is 26.0 Å². The molecule has 0 spiro atoms. The van der Waals surface area contributed by atoms with E-state index in [2.05, 4.69) is 21.2 Å². The van der Waals surface area contributed by atoms with E-state index in [0.717, 1.165) is 11.1 Å². The first kappa shape index (κ1) is 21.6. The minimum Gasteiger partial charge on any atom is -0.493 e. The first-order valence-electron chi connectivity index (χ1n) is 8.35. The summed E-state index contributed by atoms with van der Waals surface area (Å²) in [6, 6.07) is 7.10. The molecule has 2 aromatic rings. The van der Waals surface area contributed by atoms with Crippen LogP contribution in [0.4, 0.5) is 5.69 Å². The molecule has 0 unspecified atom stereocenters. The maximum atomic E-state index is 12.5. The maximum absolute atomic E-state index is 12.5. The summed E-state index contributed by atoms with van der Waals surface area (Å²) in [5.74, 6) is -0.227. The minimum atomic E-state index is -0.707. The van der Waals surface area contributed by atoms with Crippen molar-refractivity contribution in [2.24, 2.45) is 0 Å². The van der Waals surface area contributed by atoms with Crippen LogP contribution in [0.5, 0.6) is 17.2 Å². The van der Waals surface area contributed by atoms with Gasteiger partial charge >= 0.3 is 5.97 Å². The highest BCUT2D eigenvalue weighted by atomic mass is 79.9. The second kappa shape index (κ2) is 9.45. The molecule has 0 saturated carbocycles.